The van der Waals surface area contributed by atoms with Crippen molar-refractivity contribution in [3.8, 4) is 6.07 Å². The summed E-state index contributed by atoms with van der Waals surface area (Å²) in [6.45, 7) is 2.16. The first kappa shape index (κ1) is 10.7. The van der Waals surface area contributed by atoms with Crippen molar-refractivity contribution >= 4 is 0 Å². The first-order valence-electron chi connectivity index (χ1n) is 5.03. The van der Waals surface area contributed by atoms with E-state index in [9.17, 15) is 0 Å². The van der Waals surface area contributed by atoms with Crippen molar-refractivity contribution in [3.63, 3.8) is 0 Å². The van der Waals surface area contributed by atoms with Gasteiger partial charge in [-0.1, -0.05) is 31.9 Å². The molecule has 0 heterocycles. The van der Waals surface area contributed by atoms with Gasteiger partial charge in [0, 0.05) is 6.04 Å². The Hall–Kier alpha value is -1.33. The fraction of sp³-hybridized carbons (Fsp3) is 0.417. The van der Waals surface area contributed by atoms with Crippen LogP contribution >= 0.6 is 0 Å². The molecule has 74 valence electrons. The van der Waals surface area contributed by atoms with Crippen LogP contribution in [0.1, 0.15) is 43.4 Å². The third-order valence-corrected chi connectivity index (χ3v) is 2.34. The Morgan fingerprint density at radius 2 is 2.00 bits per heavy atom. The molecule has 0 aliphatic heterocycles. The van der Waals surface area contributed by atoms with E-state index >= 15 is 0 Å². The molecular formula is C12H16N2. The molecule has 0 aromatic heterocycles. The van der Waals surface area contributed by atoms with Crippen molar-refractivity contribution in [2.45, 2.75) is 32.2 Å². The van der Waals surface area contributed by atoms with Gasteiger partial charge in [0.2, 0.25) is 0 Å². The van der Waals surface area contributed by atoms with Crippen LogP contribution in [-0.4, -0.2) is 0 Å². The molecule has 2 heteroatoms. The summed E-state index contributed by atoms with van der Waals surface area (Å²) in [6, 6.07) is 9.74. The molecule has 1 rings (SSSR count). The van der Waals surface area contributed by atoms with Gasteiger partial charge in [-0.2, -0.15) is 5.26 Å². The van der Waals surface area contributed by atoms with E-state index in [2.05, 4.69) is 13.0 Å². The van der Waals surface area contributed by atoms with Crippen LogP contribution in [0.4, 0.5) is 0 Å². The van der Waals surface area contributed by atoms with Gasteiger partial charge < -0.3 is 5.73 Å². The summed E-state index contributed by atoms with van der Waals surface area (Å²) >= 11 is 0. The highest BCUT2D eigenvalue weighted by atomic mass is 14.6. The summed E-state index contributed by atoms with van der Waals surface area (Å²) in [5, 5.41) is 8.63. The second-order valence-corrected chi connectivity index (χ2v) is 3.48. The number of rotatable bonds is 4. The molecule has 0 saturated carbocycles. The summed E-state index contributed by atoms with van der Waals surface area (Å²) in [4.78, 5) is 0. The van der Waals surface area contributed by atoms with E-state index in [4.69, 9.17) is 11.0 Å². The molecule has 0 spiro atoms. The average molecular weight is 188 g/mol. The van der Waals surface area contributed by atoms with Gasteiger partial charge in [0.05, 0.1) is 11.6 Å². The van der Waals surface area contributed by atoms with Gasteiger partial charge in [-0.3, -0.25) is 0 Å². The van der Waals surface area contributed by atoms with Crippen molar-refractivity contribution in [2.24, 2.45) is 5.73 Å². The summed E-state index contributed by atoms with van der Waals surface area (Å²) < 4.78 is 0. The van der Waals surface area contributed by atoms with Crippen molar-refractivity contribution in [1.29, 1.82) is 5.26 Å². The fourth-order valence-electron chi connectivity index (χ4n) is 1.40. The van der Waals surface area contributed by atoms with Gasteiger partial charge in [-0.05, 0) is 24.1 Å². The first-order valence-corrected chi connectivity index (χ1v) is 5.03. The largest absolute Gasteiger partial charge is 0.324 e. The molecule has 14 heavy (non-hydrogen) atoms. The second-order valence-electron chi connectivity index (χ2n) is 3.48. The van der Waals surface area contributed by atoms with Crippen LogP contribution in [0.25, 0.3) is 0 Å². The van der Waals surface area contributed by atoms with Crippen molar-refractivity contribution < 1.29 is 0 Å². The van der Waals surface area contributed by atoms with Crippen LogP contribution < -0.4 is 5.73 Å². The van der Waals surface area contributed by atoms with E-state index in [0.29, 0.717) is 5.56 Å². The maximum atomic E-state index is 8.63. The minimum Gasteiger partial charge on any atom is -0.324 e. The second kappa shape index (κ2) is 5.41. The molecule has 0 saturated heterocycles. The predicted molar refractivity (Wildman–Crippen MR) is 57.6 cm³/mol. The van der Waals surface area contributed by atoms with Crippen LogP contribution in [0.3, 0.4) is 0 Å². The van der Waals surface area contributed by atoms with Gasteiger partial charge in [-0.25, -0.2) is 0 Å². The van der Waals surface area contributed by atoms with E-state index in [-0.39, 0.29) is 6.04 Å². The average Bonchev–Trinajstić information content (AvgIpc) is 2.26. The molecule has 2 N–H and O–H groups in total. The maximum absolute atomic E-state index is 8.63. The number of nitrogens with zero attached hydrogens (tertiary/aromatic N) is 1. The van der Waals surface area contributed by atoms with E-state index in [0.717, 1.165) is 18.4 Å². The standard InChI is InChI=1S/C12H16N2/c1-2-3-4-12(14)11-7-5-10(9-13)6-8-11/h5-8,12H,2-4,14H2,1H3/t12-/m0/s1. The van der Waals surface area contributed by atoms with Crippen LogP contribution in [0.15, 0.2) is 24.3 Å². The SMILES string of the molecule is CCCC[C@H](N)c1ccc(C#N)cc1. The van der Waals surface area contributed by atoms with E-state index < -0.39 is 0 Å². The Balaban J connectivity index is 2.63. The number of unbranched alkanes of at least 4 members (excludes halogenated alkanes) is 1. The number of nitrogens with two attached hydrogens (primary N) is 1. The van der Waals surface area contributed by atoms with Crippen molar-refractivity contribution in [3.05, 3.63) is 35.4 Å². The molecule has 0 bridgehead atoms. The lowest BCUT2D eigenvalue weighted by molar-refractivity contribution is 0.603. The first-order chi connectivity index (χ1) is 6.77. The van der Waals surface area contributed by atoms with Crippen LogP contribution in [-0.2, 0) is 0 Å². The van der Waals surface area contributed by atoms with Gasteiger partial charge in [0.1, 0.15) is 0 Å². The van der Waals surface area contributed by atoms with E-state index in [1.807, 2.05) is 24.3 Å². The highest BCUT2D eigenvalue weighted by molar-refractivity contribution is 5.32. The van der Waals surface area contributed by atoms with Gasteiger partial charge in [0.15, 0.2) is 0 Å². The normalized spacial score (nSPS) is 12.1. The Labute approximate surface area is 85.4 Å². The zero-order chi connectivity index (χ0) is 10.4. The third-order valence-electron chi connectivity index (χ3n) is 2.34. The summed E-state index contributed by atoms with van der Waals surface area (Å²) in [5.41, 5.74) is 7.80. The van der Waals surface area contributed by atoms with Crippen LogP contribution in [0.5, 0.6) is 0 Å². The Bertz CT molecular complexity index is 308. The van der Waals surface area contributed by atoms with E-state index in [1.165, 1.54) is 6.42 Å². The molecule has 2 nitrogen and oxygen atoms in total. The number of nitriles is 1. The lowest BCUT2D eigenvalue weighted by Gasteiger charge is -2.10. The Morgan fingerprint density at radius 1 is 1.36 bits per heavy atom. The van der Waals surface area contributed by atoms with Gasteiger partial charge >= 0.3 is 0 Å². The predicted octanol–water partition coefficient (Wildman–Crippen LogP) is 2.75. The fourth-order valence-corrected chi connectivity index (χ4v) is 1.40. The third kappa shape index (κ3) is 2.86. The highest BCUT2D eigenvalue weighted by Gasteiger charge is 2.04. The minimum absolute atomic E-state index is 0.114. The Morgan fingerprint density at radius 3 is 2.50 bits per heavy atom. The number of hydrogen-bond acceptors (Lipinski definition) is 2. The molecule has 0 radical (unpaired) electrons. The number of hydrogen-bond donors (Lipinski definition) is 1. The molecule has 0 fully saturated rings. The van der Waals surface area contributed by atoms with Crippen molar-refractivity contribution in [2.75, 3.05) is 0 Å². The van der Waals surface area contributed by atoms with E-state index in [1.54, 1.807) is 0 Å². The monoisotopic (exact) mass is 188 g/mol. The molecule has 0 aliphatic carbocycles. The van der Waals surface area contributed by atoms with Crippen molar-refractivity contribution in [1.82, 2.24) is 0 Å². The lowest BCUT2D eigenvalue weighted by atomic mass is 10.0. The summed E-state index contributed by atoms with van der Waals surface area (Å²) in [5.74, 6) is 0. The van der Waals surface area contributed by atoms with Gasteiger partial charge in [-0.15, -0.1) is 0 Å². The lowest BCUT2D eigenvalue weighted by Crippen LogP contribution is -2.09. The Kier molecular flexibility index (Phi) is 4.15. The topological polar surface area (TPSA) is 49.8 Å². The summed E-state index contributed by atoms with van der Waals surface area (Å²) in [6.07, 6.45) is 3.34. The molecule has 0 aliphatic rings. The smallest absolute Gasteiger partial charge is 0.0991 e. The molecule has 0 unspecified atom stereocenters. The van der Waals surface area contributed by atoms with Crippen LogP contribution in [0.2, 0.25) is 0 Å². The van der Waals surface area contributed by atoms with Gasteiger partial charge in [0.25, 0.3) is 0 Å². The molecule has 0 amide bonds. The minimum atomic E-state index is 0.114. The quantitative estimate of drug-likeness (QED) is 0.789. The molecule has 1 aromatic rings. The zero-order valence-corrected chi connectivity index (χ0v) is 8.53. The molecule has 1 atom stereocenters. The van der Waals surface area contributed by atoms with Crippen LogP contribution in [0, 0.1) is 11.3 Å². The summed E-state index contributed by atoms with van der Waals surface area (Å²) in [7, 11) is 0. The molecule has 1 aromatic carbocycles. The number of benzene rings is 1. The zero-order valence-electron chi connectivity index (χ0n) is 8.53. The maximum Gasteiger partial charge on any atom is 0.0991 e. The highest BCUT2D eigenvalue weighted by Crippen LogP contribution is 2.16. The molecular weight excluding hydrogens is 172 g/mol.